The Labute approximate surface area is 140 Å². The standard InChI is InChI=1S/C19H20N2O3/c1-2-3-8-16(22)21-18(15-7-5-12-24-15)14-10-9-13-6-4-11-20-17(13)19(14)23/h4-7,9-12,18,23H,2-3,8H2,1H3,(H,21,22). The maximum Gasteiger partial charge on any atom is 0.220 e. The van der Waals surface area contributed by atoms with E-state index in [0.717, 1.165) is 18.2 Å². The number of aromatic hydroxyl groups is 1. The summed E-state index contributed by atoms with van der Waals surface area (Å²) in [4.78, 5) is 16.4. The summed E-state index contributed by atoms with van der Waals surface area (Å²) in [5.74, 6) is 0.564. The summed E-state index contributed by atoms with van der Waals surface area (Å²) >= 11 is 0. The third-order valence-electron chi connectivity index (χ3n) is 3.98. The molecule has 1 amide bonds. The number of furan rings is 1. The summed E-state index contributed by atoms with van der Waals surface area (Å²) in [7, 11) is 0. The summed E-state index contributed by atoms with van der Waals surface area (Å²) < 4.78 is 5.48. The van der Waals surface area contributed by atoms with E-state index in [1.807, 2.05) is 25.1 Å². The number of unbranched alkanes of at least 4 members (excludes halogenated alkanes) is 1. The number of nitrogens with one attached hydrogen (secondary N) is 1. The molecule has 24 heavy (non-hydrogen) atoms. The van der Waals surface area contributed by atoms with Crippen LogP contribution in [0.25, 0.3) is 10.9 Å². The number of hydrogen-bond acceptors (Lipinski definition) is 4. The van der Waals surface area contributed by atoms with E-state index in [9.17, 15) is 9.90 Å². The minimum absolute atomic E-state index is 0.0605. The van der Waals surface area contributed by atoms with Crippen LogP contribution in [0.2, 0.25) is 0 Å². The molecule has 1 atom stereocenters. The maximum atomic E-state index is 12.2. The second-order valence-corrected chi connectivity index (χ2v) is 5.70. The van der Waals surface area contributed by atoms with Gasteiger partial charge in [-0.05, 0) is 24.6 Å². The van der Waals surface area contributed by atoms with Crippen molar-refractivity contribution >= 4 is 16.8 Å². The Morgan fingerprint density at radius 3 is 2.92 bits per heavy atom. The molecule has 124 valence electrons. The van der Waals surface area contributed by atoms with Gasteiger partial charge in [-0.2, -0.15) is 0 Å². The Balaban J connectivity index is 1.99. The lowest BCUT2D eigenvalue weighted by Gasteiger charge is -2.19. The number of phenolic OH excluding ortho intramolecular Hbond substituents is 1. The van der Waals surface area contributed by atoms with Crippen LogP contribution >= 0.6 is 0 Å². The van der Waals surface area contributed by atoms with Gasteiger partial charge in [0.15, 0.2) is 0 Å². The van der Waals surface area contributed by atoms with Gasteiger partial charge in [-0.25, -0.2) is 0 Å². The number of pyridine rings is 1. The van der Waals surface area contributed by atoms with Crippen LogP contribution in [0.3, 0.4) is 0 Å². The minimum Gasteiger partial charge on any atom is -0.505 e. The van der Waals surface area contributed by atoms with Crippen molar-refractivity contribution in [1.82, 2.24) is 10.3 Å². The van der Waals surface area contributed by atoms with Crippen LogP contribution in [0.4, 0.5) is 0 Å². The third kappa shape index (κ3) is 3.25. The SMILES string of the molecule is CCCCC(=O)NC(c1ccco1)c1ccc2cccnc2c1O. The number of fused-ring (bicyclic) bond motifs is 1. The Bertz CT molecular complexity index is 828. The van der Waals surface area contributed by atoms with Gasteiger partial charge < -0.3 is 14.8 Å². The molecule has 2 heterocycles. The Morgan fingerprint density at radius 1 is 1.29 bits per heavy atom. The molecule has 3 rings (SSSR count). The molecule has 0 aliphatic carbocycles. The van der Waals surface area contributed by atoms with Gasteiger partial charge >= 0.3 is 0 Å². The van der Waals surface area contributed by atoms with Crippen molar-refractivity contribution in [3.05, 3.63) is 60.2 Å². The highest BCUT2D eigenvalue weighted by Gasteiger charge is 2.23. The number of hydrogen-bond donors (Lipinski definition) is 2. The van der Waals surface area contributed by atoms with Crippen LogP contribution in [-0.4, -0.2) is 16.0 Å². The lowest BCUT2D eigenvalue weighted by Crippen LogP contribution is -2.28. The number of rotatable bonds is 6. The van der Waals surface area contributed by atoms with Crippen molar-refractivity contribution < 1.29 is 14.3 Å². The molecule has 0 aliphatic rings. The van der Waals surface area contributed by atoms with Gasteiger partial charge in [-0.15, -0.1) is 0 Å². The van der Waals surface area contributed by atoms with Gasteiger partial charge in [0.2, 0.25) is 5.91 Å². The molecule has 0 spiro atoms. The fourth-order valence-corrected chi connectivity index (χ4v) is 2.71. The first-order chi connectivity index (χ1) is 11.7. The average Bonchev–Trinajstić information content (AvgIpc) is 3.13. The van der Waals surface area contributed by atoms with E-state index in [2.05, 4.69) is 10.3 Å². The zero-order valence-electron chi connectivity index (χ0n) is 13.5. The Morgan fingerprint density at radius 2 is 2.17 bits per heavy atom. The van der Waals surface area contributed by atoms with E-state index in [0.29, 0.717) is 23.3 Å². The van der Waals surface area contributed by atoms with Crippen LogP contribution in [0, 0.1) is 0 Å². The molecular weight excluding hydrogens is 304 g/mol. The van der Waals surface area contributed by atoms with E-state index in [1.54, 1.807) is 30.7 Å². The molecule has 0 radical (unpaired) electrons. The van der Waals surface area contributed by atoms with Gasteiger partial charge in [-0.3, -0.25) is 9.78 Å². The van der Waals surface area contributed by atoms with Gasteiger partial charge in [-0.1, -0.05) is 31.5 Å². The molecule has 1 aromatic carbocycles. The van der Waals surface area contributed by atoms with Crippen molar-refractivity contribution in [2.45, 2.75) is 32.2 Å². The molecule has 0 aliphatic heterocycles. The number of carbonyl (C=O) groups excluding carboxylic acids is 1. The normalized spacial score (nSPS) is 12.2. The van der Waals surface area contributed by atoms with Crippen LogP contribution in [0.1, 0.15) is 43.6 Å². The topological polar surface area (TPSA) is 75.4 Å². The highest BCUT2D eigenvalue weighted by atomic mass is 16.3. The number of phenols is 1. The first-order valence-corrected chi connectivity index (χ1v) is 8.10. The molecule has 3 aromatic rings. The molecule has 2 N–H and O–H groups in total. The second-order valence-electron chi connectivity index (χ2n) is 5.70. The van der Waals surface area contributed by atoms with E-state index in [-0.39, 0.29) is 11.7 Å². The zero-order chi connectivity index (χ0) is 16.9. The summed E-state index contributed by atoms with van der Waals surface area (Å²) in [6.45, 7) is 2.04. The van der Waals surface area contributed by atoms with Crippen LogP contribution in [-0.2, 0) is 4.79 Å². The first-order valence-electron chi connectivity index (χ1n) is 8.10. The Kier molecular flexibility index (Phi) is 4.79. The average molecular weight is 324 g/mol. The maximum absolute atomic E-state index is 12.2. The summed E-state index contributed by atoms with van der Waals surface area (Å²) in [6.07, 6.45) is 5.40. The largest absolute Gasteiger partial charge is 0.505 e. The van der Waals surface area contributed by atoms with Crippen LogP contribution in [0.5, 0.6) is 5.75 Å². The van der Waals surface area contributed by atoms with Crippen molar-refractivity contribution in [2.75, 3.05) is 0 Å². The molecule has 5 nitrogen and oxygen atoms in total. The molecule has 0 saturated carbocycles. The van der Waals surface area contributed by atoms with E-state index >= 15 is 0 Å². The van der Waals surface area contributed by atoms with Gasteiger partial charge in [0.05, 0.1) is 6.26 Å². The zero-order valence-corrected chi connectivity index (χ0v) is 13.5. The van der Waals surface area contributed by atoms with Crippen molar-refractivity contribution in [3.63, 3.8) is 0 Å². The van der Waals surface area contributed by atoms with Crippen molar-refractivity contribution in [1.29, 1.82) is 0 Å². The minimum atomic E-state index is -0.546. The second kappa shape index (κ2) is 7.17. The summed E-state index contributed by atoms with van der Waals surface area (Å²) in [5.41, 5.74) is 1.08. The summed E-state index contributed by atoms with van der Waals surface area (Å²) in [5, 5.41) is 14.4. The molecular formula is C19H20N2O3. The smallest absolute Gasteiger partial charge is 0.220 e. The number of nitrogens with zero attached hydrogens (tertiary/aromatic N) is 1. The first kappa shape index (κ1) is 16.1. The predicted molar refractivity (Wildman–Crippen MR) is 91.6 cm³/mol. The van der Waals surface area contributed by atoms with Gasteiger partial charge in [0, 0.05) is 23.6 Å². The van der Waals surface area contributed by atoms with Gasteiger partial charge in [0.1, 0.15) is 23.1 Å². The lowest BCUT2D eigenvalue weighted by molar-refractivity contribution is -0.121. The third-order valence-corrected chi connectivity index (χ3v) is 3.98. The molecule has 0 fully saturated rings. The highest BCUT2D eigenvalue weighted by Crippen LogP contribution is 2.34. The van der Waals surface area contributed by atoms with E-state index < -0.39 is 6.04 Å². The van der Waals surface area contributed by atoms with Crippen LogP contribution < -0.4 is 5.32 Å². The molecule has 2 aromatic heterocycles. The molecule has 0 saturated heterocycles. The lowest BCUT2D eigenvalue weighted by atomic mass is 10.0. The fraction of sp³-hybridized carbons (Fsp3) is 0.263. The fourth-order valence-electron chi connectivity index (χ4n) is 2.71. The molecule has 1 unspecified atom stereocenters. The van der Waals surface area contributed by atoms with E-state index in [1.165, 1.54) is 0 Å². The number of aromatic nitrogens is 1. The van der Waals surface area contributed by atoms with Crippen molar-refractivity contribution in [2.24, 2.45) is 0 Å². The molecule has 5 heteroatoms. The van der Waals surface area contributed by atoms with Crippen molar-refractivity contribution in [3.8, 4) is 5.75 Å². The van der Waals surface area contributed by atoms with Gasteiger partial charge in [0.25, 0.3) is 0 Å². The van der Waals surface area contributed by atoms with Crippen LogP contribution in [0.15, 0.2) is 53.3 Å². The highest BCUT2D eigenvalue weighted by molar-refractivity contribution is 5.86. The summed E-state index contributed by atoms with van der Waals surface area (Å²) in [6, 6.07) is 10.4. The number of benzene rings is 1. The molecule has 0 bridgehead atoms. The van der Waals surface area contributed by atoms with E-state index in [4.69, 9.17) is 4.42 Å². The monoisotopic (exact) mass is 324 g/mol. The number of carbonyl (C=O) groups is 1. The quantitative estimate of drug-likeness (QED) is 0.720. The predicted octanol–water partition coefficient (Wildman–Crippen LogP) is 3.93. The number of amides is 1. The Hall–Kier alpha value is -2.82.